The zero-order valence-corrected chi connectivity index (χ0v) is 11.8. The lowest BCUT2D eigenvalue weighted by Gasteiger charge is -2.26. The number of nitrogens with one attached hydrogen (secondary N) is 1. The maximum atomic E-state index is 11.8. The van der Waals surface area contributed by atoms with Gasteiger partial charge in [-0.05, 0) is 30.7 Å². The van der Waals surface area contributed by atoms with Crippen LogP contribution in [0.1, 0.15) is 24.9 Å². The highest BCUT2D eigenvalue weighted by atomic mass is 32.2. The molecule has 1 aromatic carbocycles. The molecular weight excluding hydrogens is 244 g/mol. The van der Waals surface area contributed by atoms with Gasteiger partial charge in [-0.1, -0.05) is 18.2 Å². The molecule has 1 N–H and O–H groups in total. The standard InChI is InChI=1S/C14H20N2OS/c1-3-16(2)14(17)10-15-12-8-9-18-13-7-5-4-6-11(12)13/h4-7,12,15H,3,8-10H2,1-2H3. The SMILES string of the molecule is CCN(C)C(=O)CNC1CCSc2ccccc21. The van der Waals surface area contributed by atoms with Crippen molar-refractivity contribution in [1.82, 2.24) is 10.2 Å². The van der Waals surface area contributed by atoms with Crippen molar-refractivity contribution in [3.8, 4) is 0 Å². The van der Waals surface area contributed by atoms with Crippen molar-refractivity contribution in [2.75, 3.05) is 25.9 Å². The van der Waals surface area contributed by atoms with E-state index in [0.29, 0.717) is 12.6 Å². The van der Waals surface area contributed by atoms with E-state index in [2.05, 4.69) is 29.6 Å². The van der Waals surface area contributed by atoms with Gasteiger partial charge in [0, 0.05) is 24.5 Å². The van der Waals surface area contributed by atoms with Gasteiger partial charge in [0.05, 0.1) is 6.54 Å². The van der Waals surface area contributed by atoms with Crippen LogP contribution in [0.25, 0.3) is 0 Å². The van der Waals surface area contributed by atoms with E-state index in [-0.39, 0.29) is 5.91 Å². The van der Waals surface area contributed by atoms with Gasteiger partial charge in [-0.2, -0.15) is 0 Å². The van der Waals surface area contributed by atoms with Crippen molar-refractivity contribution in [2.45, 2.75) is 24.3 Å². The van der Waals surface area contributed by atoms with Crippen LogP contribution in [0.3, 0.4) is 0 Å². The first-order valence-electron chi connectivity index (χ1n) is 6.41. The molecular formula is C14H20N2OS. The summed E-state index contributed by atoms with van der Waals surface area (Å²) in [5, 5.41) is 3.39. The first kappa shape index (κ1) is 13.4. The number of hydrogen-bond acceptors (Lipinski definition) is 3. The molecule has 1 atom stereocenters. The summed E-state index contributed by atoms with van der Waals surface area (Å²) in [6.45, 7) is 3.18. The third-order valence-corrected chi connectivity index (χ3v) is 4.48. The molecule has 0 aromatic heterocycles. The van der Waals surface area contributed by atoms with Crippen LogP contribution in [0.4, 0.5) is 0 Å². The van der Waals surface area contributed by atoms with E-state index >= 15 is 0 Å². The van der Waals surface area contributed by atoms with Gasteiger partial charge in [0.2, 0.25) is 5.91 Å². The average Bonchev–Trinajstić information content (AvgIpc) is 2.43. The highest BCUT2D eigenvalue weighted by Crippen LogP contribution is 2.35. The minimum absolute atomic E-state index is 0.160. The highest BCUT2D eigenvalue weighted by Gasteiger charge is 2.20. The van der Waals surface area contributed by atoms with Gasteiger partial charge in [-0.25, -0.2) is 0 Å². The molecule has 2 rings (SSSR count). The summed E-state index contributed by atoms with van der Waals surface area (Å²) in [7, 11) is 1.84. The van der Waals surface area contributed by atoms with Gasteiger partial charge < -0.3 is 10.2 Å². The van der Waals surface area contributed by atoms with Crippen molar-refractivity contribution in [3.05, 3.63) is 29.8 Å². The lowest BCUT2D eigenvalue weighted by Crippen LogP contribution is -2.37. The van der Waals surface area contributed by atoms with Crippen LogP contribution in [-0.2, 0) is 4.79 Å². The number of carbonyl (C=O) groups is 1. The van der Waals surface area contributed by atoms with Gasteiger partial charge in [0.1, 0.15) is 0 Å². The Morgan fingerprint density at radius 3 is 3.06 bits per heavy atom. The molecule has 1 aliphatic heterocycles. The van der Waals surface area contributed by atoms with Crippen LogP contribution in [0.15, 0.2) is 29.2 Å². The Morgan fingerprint density at radius 1 is 1.50 bits per heavy atom. The van der Waals surface area contributed by atoms with E-state index < -0.39 is 0 Å². The van der Waals surface area contributed by atoms with Gasteiger partial charge in [-0.3, -0.25) is 4.79 Å². The molecule has 18 heavy (non-hydrogen) atoms. The molecule has 0 spiro atoms. The van der Waals surface area contributed by atoms with Crippen LogP contribution in [0.5, 0.6) is 0 Å². The van der Waals surface area contributed by atoms with Crippen molar-refractivity contribution in [1.29, 1.82) is 0 Å². The Morgan fingerprint density at radius 2 is 2.28 bits per heavy atom. The molecule has 4 heteroatoms. The monoisotopic (exact) mass is 264 g/mol. The zero-order chi connectivity index (χ0) is 13.0. The van der Waals surface area contributed by atoms with E-state index in [1.807, 2.05) is 25.7 Å². The van der Waals surface area contributed by atoms with E-state index in [4.69, 9.17) is 0 Å². The molecule has 1 aliphatic rings. The highest BCUT2D eigenvalue weighted by molar-refractivity contribution is 7.99. The van der Waals surface area contributed by atoms with Crippen molar-refractivity contribution >= 4 is 17.7 Å². The van der Waals surface area contributed by atoms with Crippen LogP contribution in [0, 0.1) is 0 Å². The molecule has 0 aliphatic carbocycles. The number of fused-ring (bicyclic) bond motifs is 1. The van der Waals surface area contributed by atoms with Crippen LogP contribution in [0.2, 0.25) is 0 Å². The van der Waals surface area contributed by atoms with Crippen molar-refractivity contribution in [2.24, 2.45) is 0 Å². The minimum atomic E-state index is 0.160. The number of amides is 1. The largest absolute Gasteiger partial charge is 0.345 e. The Bertz CT molecular complexity index is 422. The van der Waals surface area contributed by atoms with Crippen molar-refractivity contribution < 1.29 is 4.79 Å². The Hall–Kier alpha value is -1.00. The second-order valence-corrected chi connectivity index (χ2v) is 5.65. The van der Waals surface area contributed by atoms with Crippen LogP contribution >= 0.6 is 11.8 Å². The quantitative estimate of drug-likeness (QED) is 0.905. The fourth-order valence-electron chi connectivity index (χ4n) is 2.08. The number of rotatable bonds is 4. The molecule has 1 unspecified atom stereocenters. The van der Waals surface area contributed by atoms with E-state index in [1.165, 1.54) is 10.5 Å². The van der Waals surface area contributed by atoms with Crippen LogP contribution < -0.4 is 5.32 Å². The number of likely N-dealkylation sites (N-methyl/N-ethyl adjacent to an activating group) is 1. The summed E-state index contributed by atoms with van der Waals surface area (Å²) >= 11 is 1.90. The third-order valence-electron chi connectivity index (χ3n) is 3.36. The van der Waals surface area contributed by atoms with E-state index in [9.17, 15) is 4.79 Å². The summed E-state index contributed by atoms with van der Waals surface area (Å²) in [6, 6.07) is 8.78. The molecule has 1 aromatic rings. The topological polar surface area (TPSA) is 32.3 Å². The van der Waals surface area contributed by atoms with Crippen LogP contribution in [-0.4, -0.2) is 36.7 Å². The molecule has 1 amide bonds. The fraction of sp³-hybridized carbons (Fsp3) is 0.500. The second-order valence-electron chi connectivity index (χ2n) is 4.52. The first-order chi connectivity index (χ1) is 8.72. The lowest BCUT2D eigenvalue weighted by molar-refractivity contribution is -0.128. The molecule has 0 saturated heterocycles. The average molecular weight is 264 g/mol. The van der Waals surface area contributed by atoms with Gasteiger partial charge >= 0.3 is 0 Å². The molecule has 0 fully saturated rings. The Balaban J connectivity index is 1.97. The summed E-state index contributed by atoms with van der Waals surface area (Å²) in [5.41, 5.74) is 1.33. The summed E-state index contributed by atoms with van der Waals surface area (Å²) in [6.07, 6.45) is 1.09. The normalized spacial score (nSPS) is 18.2. The zero-order valence-electron chi connectivity index (χ0n) is 11.0. The molecule has 1 heterocycles. The number of benzene rings is 1. The second kappa shape index (κ2) is 6.25. The number of hydrogen-bond donors (Lipinski definition) is 1. The lowest BCUT2D eigenvalue weighted by atomic mass is 10.0. The minimum Gasteiger partial charge on any atom is -0.345 e. The van der Waals surface area contributed by atoms with Crippen molar-refractivity contribution in [3.63, 3.8) is 0 Å². The maximum Gasteiger partial charge on any atom is 0.236 e. The molecule has 0 radical (unpaired) electrons. The molecule has 98 valence electrons. The third kappa shape index (κ3) is 3.06. The van der Waals surface area contributed by atoms with Gasteiger partial charge in [0.15, 0.2) is 0 Å². The number of carbonyl (C=O) groups excluding carboxylic acids is 1. The predicted molar refractivity (Wildman–Crippen MR) is 75.8 cm³/mol. The molecule has 3 nitrogen and oxygen atoms in total. The number of thioether (sulfide) groups is 1. The van der Waals surface area contributed by atoms with Gasteiger partial charge in [-0.15, -0.1) is 11.8 Å². The molecule has 0 saturated carbocycles. The summed E-state index contributed by atoms with van der Waals surface area (Å²) in [5.74, 6) is 1.28. The van der Waals surface area contributed by atoms with E-state index in [0.717, 1.165) is 18.7 Å². The predicted octanol–water partition coefficient (Wildman–Crippen LogP) is 2.29. The Kier molecular flexibility index (Phi) is 4.66. The summed E-state index contributed by atoms with van der Waals surface area (Å²) in [4.78, 5) is 14.9. The Labute approximate surface area is 113 Å². The smallest absolute Gasteiger partial charge is 0.236 e. The fourth-order valence-corrected chi connectivity index (χ4v) is 3.20. The summed E-state index contributed by atoms with van der Waals surface area (Å²) < 4.78 is 0. The van der Waals surface area contributed by atoms with E-state index in [1.54, 1.807) is 4.90 Å². The first-order valence-corrected chi connectivity index (χ1v) is 7.40. The van der Waals surface area contributed by atoms with Gasteiger partial charge in [0.25, 0.3) is 0 Å². The molecule has 0 bridgehead atoms. The maximum absolute atomic E-state index is 11.8. The number of nitrogens with zero attached hydrogens (tertiary/aromatic N) is 1.